The largest absolute Gasteiger partial charge is 0.465 e. The topological polar surface area (TPSA) is 72.0 Å². The molecular formula is C24H22F3N3O4. The fourth-order valence-corrected chi connectivity index (χ4v) is 3.35. The number of alkyl halides is 3. The summed E-state index contributed by atoms with van der Waals surface area (Å²) < 4.78 is 49.5. The average Bonchev–Trinajstić information content (AvgIpc) is 3.05. The predicted octanol–water partition coefficient (Wildman–Crippen LogP) is 4.32. The third-order valence-corrected chi connectivity index (χ3v) is 4.96. The lowest BCUT2D eigenvalue weighted by Crippen LogP contribution is -2.26. The molecule has 0 saturated heterocycles. The first-order valence-corrected chi connectivity index (χ1v) is 9.98. The van der Waals surface area contributed by atoms with Crippen LogP contribution < -0.4 is 9.80 Å². The molecule has 0 unspecified atom stereocenters. The van der Waals surface area contributed by atoms with Gasteiger partial charge in [0.15, 0.2) is 0 Å². The second-order valence-electron chi connectivity index (χ2n) is 7.35. The van der Waals surface area contributed by atoms with Gasteiger partial charge in [-0.1, -0.05) is 18.2 Å². The van der Waals surface area contributed by atoms with Crippen molar-refractivity contribution in [3.05, 3.63) is 77.8 Å². The summed E-state index contributed by atoms with van der Waals surface area (Å²) in [4.78, 5) is 31.9. The number of esters is 2. The lowest BCUT2D eigenvalue weighted by Gasteiger charge is -2.23. The zero-order valence-corrected chi connectivity index (χ0v) is 18.9. The molecule has 10 heteroatoms. The van der Waals surface area contributed by atoms with Gasteiger partial charge in [-0.2, -0.15) is 13.2 Å². The summed E-state index contributed by atoms with van der Waals surface area (Å²) in [5.41, 5.74) is 0.301. The van der Waals surface area contributed by atoms with E-state index in [-0.39, 0.29) is 11.3 Å². The van der Waals surface area contributed by atoms with Crippen LogP contribution in [0.2, 0.25) is 0 Å². The second kappa shape index (κ2) is 9.82. The van der Waals surface area contributed by atoms with Gasteiger partial charge in [-0.15, -0.1) is 0 Å². The minimum Gasteiger partial charge on any atom is -0.465 e. The highest BCUT2D eigenvalue weighted by Crippen LogP contribution is 2.36. The molecular weight excluding hydrogens is 451 g/mol. The number of allylic oxidation sites excluding steroid dienone is 2. The van der Waals surface area contributed by atoms with Crippen LogP contribution in [0.3, 0.4) is 0 Å². The van der Waals surface area contributed by atoms with Crippen LogP contribution in [0, 0.1) is 0 Å². The van der Waals surface area contributed by atoms with Crippen molar-refractivity contribution in [2.45, 2.75) is 6.18 Å². The second-order valence-corrected chi connectivity index (χ2v) is 7.35. The van der Waals surface area contributed by atoms with Crippen molar-refractivity contribution in [1.29, 1.82) is 0 Å². The molecule has 0 N–H and O–H groups in total. The molecule has 2 heterocycles. The molecule has 0 amide bonds. The maximum atomic E-state index is 13.3. The number of rotatable bonds is 5. The van der Waals surface area contributed by atoms with E-state index >= 15 is 0 Å². The van der Waals surface area contributed by atoms with E-state index in [1.165, 1.54) is 25.2 Å². The summed E-state index contributed by atoms with van der Waals surface area (Å²) >= 11 is 0. The molecule has 0 saturated carbocycles. The summed E-state index contributed by atoms with van der Waals surface area (Å²) in [5.74, 6) is -1.13. The Balaban J connectivity index is 2.11. The fraction of sp³-hybridized carbons (Fsp3) is 0.208. The van der Waals surface area contributed by atoms with Crippen molar-refractivity contribution < 1.29 is 32.2 Å². The normalized spacial score (nSPS) is 13.6. The Morgan fingerprint density at radius 2 is 1.65 bits per heavy atom. The Hall–Kier alpha value is -4.08. The molecule has 1 aromatic heterocycles. The van der Waals surface area contributed by atoms with E-state index in [2.05, 4.69) is 4.98 Å². The molecule has 7 nitrogen and oxygen atoms in total. The third kappa shape index (κ3) is 4.95. The van der Waals surface area contributed by atoms with Crippen molar-refractivity contribution in [3.8, 4) is 11.1 Å². The molecule has 178 valence electrons. The summed E-state index contributed by atoms with van der Waals surface area (Å²) in [6.07, 6.45) is 2.44. The van der Waals surface area contributed by atoms with Gasteiger partial charge in [0.05, 0.1) is 25.4 Å². The van der Waals surface area contributed by atoms with Crippen LogP contribution in [0.15, 0.2) is 72.2 Å². The minimum atomic E-state index is -4.54. The Labute approximate surface area is 194 Å². The molecule has 0 atom stereocenters. The number of carbonyl (C=O) groups excluding carboxylic acids is 2. The van der Waals surface area contributed by atoms with Gasteiger partial charge in [0.1, 0.15) is 11.5 Å². The van der Waals surface area contributed by atoms with Crippen molar-refractivity contribution in [3.63, 3.8) is 0 Å². The number of pyridine rings is 1. The zero-order chi connectivity index (χ0) is 25.0. The van der Waals surface area contributed by atoms with Gasteiger partial charge in [0.2, 0.25) is 0 Å². The number of hydrogen-bond acceptors (Lipinski definition) is 7. The molecule has 1 aromatic carbocycles. The van der Waals surface area contributed by atoms with Crippen LogP contribution in [0.4, 0.5) is 24.7 Å². The first-order chi connectivity index (χ1) is 16.1. The molecule has 0 aliphatic carbocycles. The lowest BCUT2D eigenvalue weighted by molar-refractivity contribution is -0.139. The number of hydrogen-bond donors (Lipinski definition) is 0. The highest BCUT2D eigenvalue weighted by molar-refractivity contribution is 6.05. The Kier molecular flexibility index (Phi) is 7.09. The van der Waals surface area contributed by atoms with Crippen LogP contribution in [-0.2, 0) is 25.2 Å². The van der Waals surface area contributed by atoms with Crippen LogP contribution in [-0.4, -0.2) is 45.2 Å². The van der Waals surface area contributed by atoms with E-state index in [1.807, 2.05) is 0 Å². The highest BCUT2D eigenvalue weighted by atomic mass is 19.4. The number of aromatic nitrogens is 1. The average molecular weight is 473 g/mol. The van der Waals surface area contributed by atoms with Gasteiger partial charge in [-0.05, 0) is 35.9 Å². The molecule has 34 heavy (non-hydrogen) atoms. The molecule has 0 spiro atoms. The Morgan fingerprint density at radius 3 is 2.21 bits per heavy atom. The molecule has 0 bridgehead atoms. The van der Waals surface area contributed by atoms with Gasteiger partial charge in [0.25, 0.3) is 0 Å². The summed E-state index contributed by atoms with van der Waals surface area (Å²) in [6.45, 7) is 0. The number of halogens is 3. The van der Waals surface area contributed by atoms with E-state index in [4.69, 9.17) is 9.47 Å². The molecule has 0 fully saturated rings. The quantitative estimate of drug-likeness (QED) is 0.599. The first kappa shape index (κ1) is 24.6. The van der Waals surface area contributed by atoms with E-state index in [0.717, 1.165) is 12.3 Å². The van der Waals surface area contributed by atoms with Gasteiger partial charge < -0.3 is 19.3 Å². The molecule has 1 aliphatic rings. The SMILES string of the molecule is COC(=O)C1=C(C(=O)OC)N(c2ccc(-c3cc(C(F)(F)F)cnc3N(C)C)cc2)C=CC=C1. The summed E-state index contributed by atoms with van der Waals surface area (Å²) in [6, 6.07) is 7.49. The van der Waals surface area contributed by atoms with Gasteiger partial charge in [0, 0.05) is 37.7 Å². The van der Waals surface area contributed by atoms with E-state index in [9.17, 15) is 22.8 Å². The van der Waals surface area contributed by atoms with E-state index in [0.29, 0.717) is 22.6 Å². The highest BCUT2D eigenvalue weighted by Gasteiger charge is 2.32. The van der Waals surface area contributed by atoms with Crippen LogP contribution >= 0.6 is 0 Å². The molecule has 0 radical (unpaired) electrons. The minimum absolute atomic E-state index is 0.0135. The number of nitrogens with zero attached hydrogens (tertiary/aromatic N) is 3. The summed E-state index contributed by atoms with van der Waals surface area (Å²) in [7, 11) is 5.75. The number of carbonyl (C=O) groups is 2. The lowest BCUT2D eigenvalue weighted by atomic mass is 10.0. The van der Waals surface area contributed by atoms with Crippen molar-refractivity contribution >= 4 is 23.4 Å². The van der Waals surface area contributed by atoms with E-state index in [1.54, 1.807) is 61.6 Å². The van der Waals surface area contributed by atoms with Crippen LogP contribution in [0.5, 0.6) is 0 Å². The van der Waals surface area contributed by atoms with Gasteiger partial charge in [-0.3, -0.25) is 0 Å². The number of anilines is 2. The fourth-order valence-electron chi connectivity index (χ4n) is 3.35. The smallest absolute Gasteiger partial charge is 0.417 e. The van der Waals surface area contributed by atoms with Crippen LogP contribution in [0.1, 0.15) is 5.56 Å². The maximum Gasteiger partial charge on any atom is 0.417 e. The first-order valence-electron chi connectivity index (χ1n) is 9.98. The number of benzene rings is 1. The van der Waals surface area contributed by atoms with Gasteiger partial charge >= 0.3 is 18.1 Å². The number of methoxy groups -OCH3 is 2. The Bertz CT molecular complexity index is 1180. The monoisotopic (exact) mass is 473 g/mol. The summed E-state index contributed by atoms with van der Waals surface area (Å²) in [5, 5.41) is 0. The van der Waals surface area contributed by atoms with Crippen molar-refractivity contribution in [2.75, 3.05) is 38.1 Å². The molecule has 2 aromatic rings. The Morgan fingerprint density at radius 1 is 1.00 bits per heavy atom. The maximum absolute atomic E-state index is 13.3. The van der Waals surface area contributed by atoms with Crippen LogP contribution in [0.25, 0.3) is 11.1 Å². The van der Waals surface area contributed by atoms with Crippen molar-refractivity contribution in [1.82, 2.24) is 4.98 Å². The predicted molar refractivity (Wildman–Crippen MR) is 121 cm³/mol. The molecule has 1 aliphatic heterocycles. The van der Waals surface area contributed by atoms with Gasteiger partial charge in [-0.25, -0.2) is 14.6 Å². The molecule has 3 rings (SSSR count). The van der Waals surface area contributed by atoms with E-state index < -0.39 is 23.7 Å². The third-order valence-electron chi connectivity index (χ3n) is 4.96. The standard InChI is InChI=1S/C24H22F3N3O4/c1-29(2)21-19(13-16(14-28-21)24(25,26)27)15-8-10-17(11-9-15)30-12-6-5-7-18(22(31)33-3)20(30)23(32)34-4/h5-14H,1-4H3. The zero-order valence-electron chi connectivity index (χ0n) is 18.9. The van der Waals surface area contributed by atoms with Crippen molar-refractivity contribution in [2.24, 2.45) is 0 Å². The number of ether oxygens (including phenoxy) is 2.